The minimum absolute atomic E-state index is 0.141. The van der Waals surface area contributed by atoms with Crippen LogP contribution in [0.2, 0.25) is 0 Å². The zero-order valence-electron chi connectivity index (χ0n) is 17.2. The van der Waals surface area contributed by atoms with Gasteiger partial charge in [0.05, 0.1) is 25.1 Å². The summed E-state index contributed by atoms with van der Waals surface area (Å²) >= 11 is 0. The molecule has 3 rings (SSSR count). The molecule has 2 atom stereocenters. The molecule has 2 N–H and O–H groups in total. The van der Waals surface area contributed by atoms with E-state index in [9.17, 15) is 0 Å². The zero-order valence-corrected chi connectivity index (χ0v) is 17.2. The number of anilines is 1. The average molecular weight is 386 g/mol. The molecule has 2 unspecified atom stereocenters. The van der Waals surface area contributed by atoms with E-state index in [1.165, 1.54) is 0 Å². The van der Waals surface area contributed by atoms with Crippen molar-refractivity contribution < 1.29 is 9.15 Å². The van der Waals surface area contributed by atoms with E-state index in [1.807, 2.05) is 38.4 Å². The number of furan rings is 1. The number of para-hydroxylation sites is 2. The normalized spacial score (nSPS) is 18.4. The lowest BCUT2D eigenvalue weighted by atomic mass is 10.2. The lowest BCUT2D eigenvalue weighted by Crippen LogP contribution is -2.46. The molecule has 7 nitrogen and oxygen atoms in total. The van der Waals surface area contributed by atoms with Crippen molar-refractivity contribution in [2.45, 2.75) is 18.5 Å². The molecule has 0 amide bonds. The lowest BCUT2D eigenvalue weighted by Gasteiger charge is -2.25. The van der Waals surface area contributed by atoms with Gasteiger partial charge in [0, 0.05) is 32.7 Å². The zero-order chi connectivity index (χ0) is 19.9. The first kappa shape index (κ1) is 20.1. The standard InChI is InChI=1S/C21H31N5O2/c1-22-21(23-14-18(25(2)3)20-10-7-13-28-20)24-16-11-12-26(15-16)17-8-5-6-9-19(17)27-4/h5-10,13,16,18H,11-12,14-15H2,1-4H3,(H2,22,23,24). The summed E-state index contributed by atoms with van der Waals surface area (Å²) < 4.78 is 11.1. The maximum atomic E-state index is 5.58. The smallest absolute Gasteiger partial charge is 0.191 e. The number of ether oxygens (including phenoxy) is 1. The van der Waals surface area contributed by atoms with Gasteiger partial charge in [0.25, 0.3) is 0 Å². The first-order chi connectivity index (χ1) is 13.6. The highest BCUT2D eigenvalue weighted by Crippen LogP contribution is 2.30. The number of likely N-dealkylation sites (N-methyl/N-ethyl adjacent to an activating group) is 1. The topological polar surface area (TPSA) is 65.3 Å². The number of rotatable bonds is 7. The quantitative estimate of drug-likeness (QED) is 0.563. The third-order valence-corrected chi connectivity index (χ3v) is 5.14. The molecule has 0 bridgehead atoms. The van der Waals surface area contributed by atoms with Gasteiger partial charge >= 0.3 is 0 Å². The monoisotopic (exact) mass is 385 g/mol. The van der Waals surface area contributed by atoms with Crippen molar-refractivity contribution in [3.8, 4) is 5.75 Å². The highest BCUT2D eigenvalue weighted by atomic mass is 16.5. The van der Waals surface area contributed by atoms with Crippen LogP contribution in [0.5, 0.6) is 5.75 Å². The molecule has 0 aliphatic carbocycles. The molecule has 1 aromatic carbocycles. The van der Waals surface area contributed by atoms with Crippen LogP contribution in [-0.2, 0) is 0 Å². The highest BCUT2D eigenvalue weighted by molar-refractivity contribution is 5.80. The number of hydrogen-bond acceptors (Lipinski definition) is 5. The summed E-state index contributed by atoms with van der Waals surface area (Å²) in [6.45, 7) is 2.61. The number of methoxy groups -OCH3 is 1. The van der Waals surface area contributed by atoms with Crippen molar-refractivity contribution >= 4 is 11.6 Å². The van der Waals surface area contributed by atoms with Crippen LogP contribution in [0.15, 0.2) is 52.1 Å². The number of nitrogens with zero attached hydrogens (tertiary/aromatic N) is 3. The van der Waals surface area contributed by atoms with E-state index in [-0.39, 0.29) is 6.04 Å². The van der Waals surface area contributed by atoms with Crippen LogP contribution in [0.25, 0.3) is 0 Å². The minimum Gasteiger partial charge on any atom is -0.495 e. The van der Waals surface area contributed by atoms with Crippen molar-refractivity contribution in [2.24, 2.45) is 4.99 Å². The van der Waals surface area contributed by atoms with Crippen LogP contribution in [0, 0.1) is 0 Å². The van der Waals surface area contributed by atoms with Gasteiger partial charge in [0.15, 0.2) is 5.96 Å². The van der Waals surface area contributed by atoms with E-state index in [0.717, 1.165) is 42.7 Å². The molecule has 1 aliphatic heterocycles. The summed E-state index contributed by atoms with van der Waals surface area (Å²) in [6, 6.07) is 12.6. The second-order valence-electron chi connectivity index (χ2n) is 7.20. The maximum Gasteiger partial charge on any atom is 0.191 e. The summed E-state index contributed by atoms with van der Waals surface area (Å²) in [6.07, 6.45) is 2.76. The van der Waals surface area contributed by atoms with E-state index >= 15 is 0 Å². The van der Waals surface area contributed by atoms with Crippen molar-refractivity contribution in [1.82, 2.24) is 15.5 Å². The second-order valence-corrected chi connectivity index (χ2v) is 7.20. The van der Waals surface area contributed by atoms with Crippen LogP contribution in [-0.4, -0.2) is 64.8 Å². The van der Waals surface area contributed by atoms with Crippen LogP contribution in [0.3, 0.4) is 0 Å². The van der Waals surface area contributed by atoms with Gasteiger partial charge in [-0.3, -0.25) is 9.89 Å². The Hall–Kier alpha value is -2.67. The molecule has 1 fully saturated rings. The van der Waals surface area contributed by atoms with Crippen LogP contribution in [0.1, 0.15) is 18.2 Å². The Labute approximate surface area is 167 Å². The molecular formula is C21H31N5O2. The van der Waals surface area contributed by atoms with Gasteiger partial charge in [-0.05, 0) is 44.8 Å². The molecule has 152 valence electrons. The van der Waals surface area contributed by atoms with Crippen molar-refractivity contribution in [1.29, 1.82) is 0 Å². The van der Waals surface area contributed by atoms with Gasteiger partial charge in [-0.1, -0.05) is 12.1 Å². The Balaban J connectivity index is 1.55. The number of guanidine groups is 1. The van der Waals surface area contributed by atoms with Gasteiger partial charge in [0.1, 0.15) is 11.5 Å². The Morgan fingerprint density at radius 3 is 2.82 bits per heavy atom. The van der Waals surface area contributed by atoms with Crippen molar-refractivity contribution in [3.63, 3.8) is 0 Å². The lowest BCUT2D eigenvalue weighted by molar-refractivity contribution is 0.258. The van der Waals surface area contributed by atoms with Crippen LogP contribution >= 0.6 is 0 Å². The molecule has 0 saturated carbocycles. The third-order valence-electron chi connectivity index (χ3n) is 5.14. The molecule has 1 aliphatic rings. The fraction of sp³-hybridized carbons (Fsp3) is 0.476. The number of nitrogens with one attached hydrogen (secondary N) is 2. The van der Waals surface area contributed by atoms with Crippen molar-refractivity contribution in [3.05, 3.63) is 48.4 Å². The molecule has 2 aromatic rings. The summed E-state index contributed by atoms with van der Waals surface area (Å²) in [5, 5.41) is 6.99. The molecule has 0 spiro atoms. The largest absolute Gasteiger partial charge is 0.495 e. The molecule has 7 heteroatoms. The summed E-state index contributed by atoms with van der Waals surface area (Å²) in [7, 11) is 7.62. The first-order valence-corrected chi connectivity index (χ1v) is 9.67. The molecule has 1 saturated heterocycles. The van der Waals surface area contributed by atoms with Gasteiger partial charge < -0.3 is 24.7 Å². The number of aliphatic imine (C=N–C) groups is 1. The van der Waals surface area contributed by atoms with Gasteiger partial charge in [-0.25, -0.2) is 0 Å². The Kier molecular flexibility index (Phi) is 6.81. The highest BCUT2D eigenvalue weighted by Gasteiger charge is 2.25. The Bertz CT molecular complexity index is 760. The summed E-state index contributed by atoms with van der Waals surface area (Å²) in [5.74, 6) is 2.67. The molecule has 2 heterocycles. The predicted octanol–water partition coefficient (Wildman–Crippen LogP) is 2.33. The van der Waals surface area contributed by atoms with Gasteiger partial charge in [0.2, 0.25) is 0 Å². The van der Waals surface area contributed by atoms with E-state index in [0.29, 0.717) is 12.6 Å². The molecule has 28 heavy (non-hydrogen) atoms. The van der Waals surface area contributed by atoms with E-state index in [1.54, 1.807) is 20.4 Å². The van der Waals surface area contributed by atoms with Crippen molar-refractivity contribution in [2.75, 3.05) is 52.8 Å². The Morgan fingerprint density at radius 1 is 1.32 bits per heavy atom. The fourth-order valence-electron chi connectivity index (χ4n) is 3.59. The van der Waals surface area contributed by atoms with E-state index in [4.69, 9.17) is 9.15 Å². The molecule has 1 aromatic heterocycles. The average Bonchev–Trinajstić information content (AvgIpc) is 3.39. The number of hydrogen-bond donors (Lipinski definition) is 2. The third kappa shape index (κ3) is 4.78. The van der Waals surface area contributed by atoms with Gasteiger partial charge in [-0.15, -0.1) is 0 Å². The summed E-state index contributed by atoms with van der Waals surface area (Å²) in [4.78, 5) is 8.89. The predicted molar refractivity (Wildman–Crippen MR) is 113 cm³/mol. The van der Waals surface area contributed by atoms with E-state index in [2.05, 4.69) is 37.6 Å². The first-order valence-electron chi connectivity index (χ1n) is 9.67. The summed E-state index contributed by atoms with van der Waals surface area (Å²) in [5.41, 5.74) is 1.14. The van der Waals surface area contributed by atoms with Gasteiger partial charge in [-0.2, -0.15) is 0 Å². The van der Waals surface area contributed by atoms with E-state index < -0.39 is 0 Å². The fourth-order valence-corrected chi connectivity index (χ4v) is 3.59. The number of benzene rings is 1. The minimum atomic E-state index is 0.141. The maximum absolute atomic E-state index is 5.58. The molecular weight excluding hydrogens is 354 g/mol. The molecule has 0 radical (unpaired) electrons. The van der Waals surface area contributed by atoms with Crippen LogP contribution in [0.4, 0.5) is 5.69 Å². The second kappa shape index (κ2) is 9.50. The van der Waals surface area contributed by atoms with Crippen LogP contribution < -0.4 is 20.3 Å². The Morgan fingerprint density at radius 2 is 2.14 bits per heavy atom. The SMILES string of the molecule is CN=C(NCC(c1ccco1)N(C)C)NC1CCN(c2ccccc2OC)C1.